The predicted octanol–water partition coefficient (Wildman–Crippen LogP) is 2.67. The summed E-state index contributed by atoms with van der Waals surface area (Å²) in [6, 6.07) is 8.18. The van der Waals surface area contributed by atoms with Gasteiger partial charge in [0.15, 0.2) is 0 Å². The number of allylic oxidation sites excluding steroid dienone is 2. The average molecular weight is 322 g/mol. The second-order valence-electron chi connectivity index (χ2n) is 7.64. The van der Waals surface area contributed by atoms with Crippen LogP contribution in [0, 0.1) is 35.5 Å². The van der Waals surface area contributed by atoms with Crippen LogP contribution in [0.15, 0.2) is 36.4 Å². The molecule has 0 radical (unpaired) electrons. The van der Waals surface area contributed by atoms with E-state index in [-0.39, 0.29) is 30.3 Å². The zero-order valence-corrected chi connectivity index (χ0v) is 13.8. The predicted molar refractivity (Wildman–Crippen MR) is 90.9 cm³/mol. The summed E-state index contributed by atoms with van der Waals surface area (Å²) in [7, 11) is 0. The van der Waals surface area contributed by atoms with E-state index in [9.17, 15) is 9.59 Å². The minimum atomic E-state index is -0.0967. The molecule has 124 valence electrons. The molecule has 1 saturated heterocycles. The molecule has 4 nitrogen and oxygen atoms in total. The van der Waals surface area contributed by atoms with Crippen LogP contribution in [-0.4, -0.2) is 23.4 Å². The molecule has 0 spiro atoms. The summed E-state index contributed by atoms with van der Waals surface area (Å²) < 4.78 is 0. The minimum absolute atomic E-state index is 0.0346. The van der Waals surface area contributed by atoms with Gasteiger partial charge in [-0.3, -0.25) is 14.5 Å². The van der Waals surface area contributed by atoms with Crippen molar-refractivity contribution in [1.82, 2.24) is 4.90 Å². The van der Waals surface area contributed by atoms with Gasteiger partial charge in [0, 0.05) is 5.69 Å². The van der Waals surface area contributed by atoms with E-state index in [4.69, 9.17) is 0 Å². The number of anilines is 1. The van der Waals surface area contributed by atoms with Gasteiger partial charge in [0.25, 0.3) is 0 Å². The van der Waals surface area contributed by atoms with E-state index in [1.807, 2.05) is 12.1 Å². The van der Waals surface area contributed by atoms with Gasteiger partial charge in [-0.25, -0.2) is 0 Å². The van der Waals surface area contributed by atoms with Gasteiger partial charge in [-0.1, -0.05) is 31.2 Å². The lowest BCUT2D eigenvalue weighted by atomic mass is 9.63. The Bertz CT molecular complexity index is 703. The maximum Gasteiger partial charge on any atom is 0.235 e. The molecule has 1 heterocycles. The highest BCUT2D eigenvalue weighted by molar-refractivity contribution is 6.06. The molecule has 2 bridgehead atoms. The van der Waals surface area contributed by atoms with Crippen LogP contribution in [0.1, 0.15) is 18.9 Å². The van der Waals surface area contributed by atoms with Crippen LogP contribution in [0.5, 0.6) is 0 Å². The monoisotopic (exact) mass is 322 g/mol. The first-order valence-corrected chi connectivity index (χ1v) is 9.05. The van der Waals surface area contributed by atoms with E-state index < -0.39 is 0 Å². The summed E-state index contributed by atoms with van der Waals surface area (Å²) in [5, 5.41) is 3.24. The summed E-state index contributed by atoms with van der Waals surface area (Å²) in [6.07, 6.45) is 6.64. The Morgan fingerprint density at radius 3 is 2.12 bits per heavy atom. The summed E-state index contributed by atoms with van der Waals surface area (Å²) >= 11 is 0. The summed E-state index contributed by atoms with van der Waals surface area (Å²) in [6.45, 7) is 2.41. The number of carbonyl (C=O) groups is 2. The molecule has 1 aliphatic heterocycles. The van der Waals surface area contributed by atoms with Crippen molar-refractivity contribution in [1.29, 1.82) is 0 Å². The number of likely N-dealkylation sites (tertiary alicyclic amines) is 1. The van der Waals surface area contributed by atoms with E-state index in [0.717, 1.165) is 12.1 Å². The summed E-state index contributed by atoms with van der Waals surface area (Å²) in [5.41, 5.74) is 2.23. The topological polar surface area (TPSA) is 49.4 Å². The Balaban J connectivity index is 1.33. The van der Waals surface area contributed by atoms with E-state index in [1.54, 1.807) is 0 Å². The van der Waals surface area contributed by atoms with Gasteiger partial charge in [0.2, 0.25) is 11.8 Å². The summed E-state index contributed by atoms with van der Waals surface area (Å²) in [5.74, 6) is 1.80. The largest absolute Gasteiger partial charge is 0.367 e. The van der Waals surface area contributed by atoms with Crippen molar-refractivity contribution < 1.29 is 9.59 Å². The molecule has 6 atom stereocenters. The number of carbonyl (C=O) groups excluding carboxylic acids is 2. The number of imide groups is 1. The van der Waals surface area contributed by atoms with Crippen molar-refractivity contribution in [3.8, 4) is 0 Å². The molecular weight excluding hydrogens is 300 g/mol. The number of amides is 2. The number of hydrogen-bond donors (Lipinski definition) is 1. The van der Waals surface area contributed by atoms with Crippen LogP contribution >= 0.6 is 0 Å². The maximum atomic E-state index is 12.9. The molecule has 2 amide bonds. The quantitative estimate of drug-likeness (QED) is 0.685. The lowest BCUT2D eigenvalue weighted by Gasteiger charge is -2.37. The lowest BCUT2D eigenvalue weighted by molar-refractivity contribution is -0.139. The van der Waals surface area contributed by atoms with Gasteiger partial charge in [0.05, 0.1) is 18.5 Å². The van der Waals surface area contributed by atoms with Gasteiger partial charge >= 0.3 is 0 Å². The first kappa shape index (κ1) is 14.3. The van der Waals surface area contributed by atoms with Crippen molar-refractivity contribution in [2.45, 2.75) is 19.8 Å². The van der Waals surface area contributed by atoms with Gasteiger partial charge in [-0.15, -0.1) is 0 Å². The van der Waals surface area contributed by atoms with Crippen molar-refractivity contribution in [3.05, 3.63) is 42.0 Å². The fraction of sp³-hybridized carbons (Fsp3) is 0.500. The molecule has 1 aromatic rings. The Hall–Kier alpha value is -2.10. The van der Waals surface area contributed by atoms with Crippen LogP contribution in [0.25, 0.3) is 0 Å². The molecule has 2 saturated carbocycles. The fourth-order valence-corrected chi connectivity index (χ4v) is 5.20. The molecular formula is C20H22N2O2. The lowest BCUT2D eigenvalue weighted by Crippen LogP contribution is -2.40. The number of aryl methyl sites for hydroxylation is 1. The molecule has 6 rings (SSSR count). The van der Waals surface area contributed by atoms with E-state index in [0.29, 0.717) is 23.7 Å². The van der Waals surface area contributed by atoms with E-state index in [2.05, 4.69) is 36.5 Å². The zero-order valence-electron chi connectivity index (χ0n) is 13.8. The highest BCUT2D eigenvalue weighted by Gasteiger charge is 2.66. The van der Waals surface area contributed by atoms with Crippen molar-refractivity contribution in [3.63, 3.8) is 0 Å². The number of hydrogen-bond acceptors (Lipinski definition) is 3. The van der Waals surface area contributed by atoms with Crippen molar-refractivity contribution in [2.75, 3.05) is 12.0 Å². The van der Waals surface area contributed by atoms with Crippen molar-refractivity contribution >= 4 is 17.5 Å². The molecule has 0 unspecified atom stereocenters. The third kappa shape index (κ3) is 1.86. The SMILES string of the molecule is CCc1ccc(NCN2C(=O)[C@@H]3[C@@H]4C=C[C@H]([C@@H]5C[C@H]45)[C@@H]3C2=O)cc1. The Morgan fingerprint density at radius 2 is 1.58 bits per heavy atom. The van der Waals surface area contributed by atoms with Crippen LogP contribution in [-0.2, 0) is 16.0 Å². The molecule has 5 aliphatic rings. The minimum Gasteiger partial charge on any atom is -0.367 e. The Morgan fingerprint density at radius 1 is 1.00 bits per heavy atom. The Labute approximate surface area is 141 Å². The number of nitrogens with zero attached hydrogens (tertiary/aromatic N) is 1. The van der Waals surface area contributed by atoms with Gasteiger partial charge in [0.1, 0.15) is 0 Å². The molecule has 1 aromatic carbocycles. The first-order chi connectivity index (χ1) is 11.7. The Kier molecular flexibility index (Phi) is 2.94. The van der Waals surface area contributed by atoms with Crippen LogP contribution in [0.4, 0.5) is 5.69 Å². The molecule has 1 N–H and O–H groups in total. The molecule has 0 aromatic heterocycles. The third-order valence-corrected chi connectivity index (χ3v) is 6.56. The van der Waals surface area contributed by atoms with Crippen molar-refractivity contribution in [2.24, 2.45) is 35.5 Å². The second kappa shape index (κ2) is 4.95. The molecule has 24 heavy (non-hydrogen) atoms. The average Bonchev–Trinajstić information content (AvgIpc) is 3.39. The standard InChI is InChI=1S/C20H22N2O2/c1-2-11-3-5-12(6-4-11)21-10-22-19(23)17-13-7-8-14(16-9-15(13)16)18(17)20(22)24/h3-8,13-18,21H,2,9-10H2,1H3/t13-,14-,15-,16+,17-,18+/m1/s1. The fourth-order valence-electron chi connectivity index (χ4n) is 5.20. The van der Waals surface area contributed by atoms with Gasteiger partial charge in [-0.05, 0) is 54.2 Å². The highest BCUT2D eigenvalue weighted by atomic mass is 16.2. The highest BCUT2D eigenvalue weighted by Crippen LogP contribution is 2.65. The van der Waals surface area contributed by atoms with Crippen LogP contribution in [0.2, 0.25) is 0 Å². The van der Waals surface area contributed by atoms with E-state index in [1.165, 1.54) is 16.9 Å². The number of benzene rings is 1. The van der Waals surface area contributed by atoms with Crippen LogP contribution in [0.3, 0.4) is 0 Å². The van der Waals surface area contributed by atoms with Gasteiger partial charge < -0.3 is 5.32 Å². The number of nitrogens with one attached hydrogen (secondary N) is 1. The third-order valence-electron chi connectivity index (χ3n) is 6.56. The number of rotatable bonds is 4. The molecule has 4 aliphatic carbocycles. The normalized spacial score (nSPS) is 38.3. The summed E-state index contributed by atoms with van der Waals surface area (Å²) in [4.78, 5) is 27.2. The second-order valence-corrected chi connectivity index (χ2v) is 7.64. The zero-order chi connectivity index (χ0) is 16.4. The smallest absolute Gasteiger partial charge is 0.235 e. The van der Waals surface area contributed by atoms with Gasteiger partial charge in [-0.2, -0.15) is 0 Å². The molecule has 4 heteroatoms. The molecule has 3 fully saturated rings. The van der Waals surface area contributed by atoms with E-state index >= 15 is 0 Å². The van der Waals surface area contributed by atoms with Crippen LogP contribution < -0.4 is 5.32 Å². The first-order valence-electron chi connectivity index (χ1n) is 9.05. The maximum absolute atomic E-state index is 12.9.